The minimum atomic E-state index is -3.67. The second kappa shape index (κ2) is 9.84. The summed E-state index contributed by atoms with van der Waals surface area (Å²) < 4.78 is 27.6. The Labute approximate surface area is 178 Å². The zero-order valence-corrected chi connectivity index (χ0v) is 18.0. The van der Waals surface area contributed by atoms with Gasteiger partial charge in [0.15, 0.2) is 0 Å². The largest absolute Gasteiger partial charge is 0.354 e. The maximum absolute atomic E-state index is 12.5. The van der Waals surface area contributed by atoms with Gasteiger partial charge in [-0.2, -0.15) is 0 Å². The topological polar surface area (TPSA) is 78.5 Å². The highest BCUT2D eigenvalue weighted by Crippen LogP contribution is 2.19. The van der Waals surface area contributed by atoms with Crippen LogP contribution in [-0.2, 0) is 14.8 Å². The van der Waals surface area contributed by atoms with E-state index in [0.29, 0.717) is 6.54 Å². The molecule has 2 N–H and O–H groups in total. The molecule has 0 bridgehead atoms. The number of sulfonamides is 1. The summed E-state index contributed by atoms with van der Waals surface area (Å²) in [5.74, 6) is -0.195. The fraction of sp³-hybridized carbons (Fsp3) is 0.261. The average Bonchev–Trinajstić information content (AvgIpc) is 2.74. The van der Waals surface area contributed by atoms with E-state index in [9.17, 15) is 13.2 Å². The van der Waals surface area contributed by atoms with E-state index in [1.165, 1.54) is 0 Å². The highest BCUT2D eigenvalue weighted by atomic mass is 32.2. The Hall–Kier alpha value is -2.74. The molecule has 3 aromatic carbocycles. The van der Waals surface area contributed by atoms with Crippen molar-refractivity contribution in [3.05, 3.63) is 78.4 Å². The van der Waals surface area contributed by atoms with Gasteiger partial charge in [0.25, 0.3) is 0 Å². The van der Waals surface area contributed by atoms with Gasteiger partial charge in [-0.1, -0.05) is 60.7 Å². The van der Waals surface area contributed by atoms with Crippen LogP contribution >= 0.6 is 0 Å². The Morgan fingerprint density at radius 2 is 1.60 bits per heavy atom. The molecule has 0 spiro atoms. The lowest BCUT2D eigenvalue weighted by atomic mass is 10.1. The molecule has 6 nitrogen and oxygen atoms in total. The number of likely N-dealkylation sites (N-methyl/N-ethyl adjacent to an activating group) is 1. The molecule has 30 heavy (non-hydrogen) atoms. The zero-order chi connectivity index (χ0) is 21.6. The van der Waals surface area contributed by atoms with Gasteiger partial charge in [0.1, 0.15) is 0 Å². The summed E-state index contributed by atoms with van der Waals surface area (Å²) in [6, 6.07) is 22.6. The van der Waals surface area contributed by atoms with Crippen molar-refractivity contribution in [3.63, 3.8) is 0 Å². The van der Waals surface area contributed by atoms with Crippen LogP contribution < -0.4 is 10.0 Å². The van der Waals surface area contributed by atoms with E-state index in [2.05, 4.69) is 10.0 Å². The van der Waals surface area contributed by atoms with Crippen LogP contribution in [0.3, 0.4) is 0 Å². The van der Waals surface area contributed by atoms with Gasteiger partial charge in [-0.05, 0) is 42.6 Å². The predicted octanol–water partition coefficient (Wildman–Crippen LogP) is 2.93. The number of rotatable bonds is 9. The standard InChI is InChI=1S/C23H27N3O3S/c1-26(2)22(19-9-4-3-5-10-19)17-24-23(27)14-15-25-30(28,29)21-13-12-18-8-6-7-11-20(18)16-21/h3-13,16,22,25H,14-15,17H2,1-2H3,(H,24,27). The van der Waals surface area contributed by atoms with Crippen LogP contribution in [0.2, 0.25) is 0 Å². The number of carbonyl (C=O) groups is 1. The Morgan fingerprint density at radius 1 is 0.933 bits per heavy atom. The maximum atomic E-state index is 12.5. The zero-order valence-electron chi connectivity index (χ0n) is 17.2. The molecule has 1 unspecified atom stereocenters. The summed E-state index contributed by atoms with van der Waals surface area (Å²) in [6.45, 7) is 0.492. The minimum Gasteiger partial charge on any atom is -0.354 e. The van der Waals surface area contributed by atoms with Crippen molar-refractivity contribution in [3.8, 4) is 0 Å². The van der Waals surface area contributed by atoms with Crippen LogP contribution in [0.5, 0.6) is 0 Å². The van der Waals surface area contributed by atoms with Gasteiger partial charge < -0.3 is 10.2 Å². The number of hydrogen-bond acceptors (Lipinski definition) is 4. The van der Waals surface area contributed by atoms with Gasteiger partial charge in [0.05, 0.1) is 10.9 Å². The molecule has 0 aliphatic rings. The second-order valence-corrected chi connectivity index (χ2v) is 9.12. The van der Waals surface area contributed by atoms with Crippen LogP contribution in [0.4, 0.5) is 0 Å². The van der Waals surface area contributed by atoms with Crippen LogP contribution in [0.15, 0.2) is 77.7 Å². The number of nitrogens with one attached hydrogen (secondary N) is 2. The van der Waals surface area contributed by atoms with Crippen molar-refractivity contribution in [2.45, 2.75) is 17.4 Å². The Balaban J connectivity index is 1.52. The van der Waals surface area contributed by atoms with E-state index in [-0.39, 0.29) is 29.8 Å². The molecule has 0 aliphatic heterocycles. The molecule has 7 heteroatoms. The van der Waals surface area contributed by atoms with Gasteiger partial charge in [0, 0.05) is 19.5 Å². The molecule has 0 aromatic heterocycles. The fourth-order valence-electron chi connectivity index (χ4n) is 3.29. The normalized spacial score (nSPS) is 12.8. The van der Waals surface area contributed by atoms with Crippen LogP contribution in [0.1, 0.15) is 18.0 Å². The van der Waals surface area contributed by atoms with E-state index < -0.39 is 10.0 Å². The van der Waals surface area contributed by atoms with E-state index in [1.54, 1.807) is 18.2 Å². The minimum absolute atomic E-state index is 0.0406. The smallest absolute Gasteiger partial charge is 0.240 e. The number of nitrogens with zero attached hydrogens (tertiary/aromatic N) is 1. The maximum Gasteiger partial charge on any atom is 0.240 e. The molecule has 0 heterocycles. The molecule has 0 fully saturated rings. The SMILES string of the molecule is CN(C)C(CNC(=O)CCNS(=O)(=O)c1ccc2ccccc2c1)c1ccccc1. The number of amides is 1. The summed E-state index contributed by atoms with van der Waals surface area (Å²) >= 11 is 0. The van der Waals surface area contributed by atoms with Crippen molar-refractivity contribution in [1.82, 2.24) is 14.9 Å². The first kappa shape index (κ1) is 22.0. The molecule has 3 aromatic rings. The Kier molecular flexibility index (Phi) is 7.20. The Morgan fingerprint density at radius 3 is 2.30 bits per heavy atom. The molecule has 158 valence electrons. The Bertz CT molecular complexity index is 1100. The first-order valence-corrected chi connectivity index (χ1v) is 11.3. The molecule has 1 atom stereocenters. The van der Waals surface area contributed by atoms with Crippen molar-refractivity contribution < 1.29 is 13.2 Å². The monoisotopic (exact) mass is 425 g/mol. The highest BCUT2D eigenvalue weighted by molar-refractivity contribution is 7.89. The third kappa shape index (κ3) is 5.66. The molecular formula is C23H27N3O3S. The van der Waals surface area contributed by atoms with Gasteiger partial charge in [-0.3, -0.25) is 4.79 Å². The van der Waals surface area contributed by atoms with Crippen molar-refractivity contribution in [1.29, 1.82) is 0 Å². The quantitative estimate of drug-likeness (QED) is 0.553. The van der Waals surface area contributed by atoms with E-state index >= 15 is 0 Å². The van der Waals surface area contributed by atoms with Gasteiger partial charge in [0.2, 0.25) is 15.9 Å². The lowest BCUT2D eigenvalue weighted by molar-refractivity contribution is -0.121. The molecule has 0 aliphatic carbocycles. The number of carbonyl (C=O) groups excluding carboxylic acids is 1. The van der Waals surface area contributed by atoms with Crippen molar-refractivity contribution in [2.75, 3.05) is 27.2 Å². The molecule has 0 radical (unpaired) electrons. The summed E-state index contributed by atoms with van der Waals surface area (Å²) in [5, 5.41) is 4.73. The molecule has 1 amide bonds. The number of hydrogen-bond donors (Lipinski definition) is 2. The summed E-state index contributed by atoms with van der Waals surface area (Å²) in [4.78, 5) is 14.5. The third-order valence-corrected chi connectivity index (χ3v) is 6.43. The molecular weight excluding hydrogens is 398 g/mol. The van der Waals surface area contributed by atoms with E-state index in [1.807, 2.05) is 73.6 Å². The van der Waals surface area contributed by atoms with Crippen LogP contribution in [0, 0.1) is 0 Å². The van der Waals surface area contributed by atoms with Gasteiger partial charge >= 0.3 is 0 Å². The summed E-state index contributed by atoms with van der Waals surface area (Å²) in [6.07, 6.45) is 0.0712. The lowest BCUT2D eigenvalue weighted by Gasteiger charge is -2.25. The first-order chi connectivity index (χ1) is 14.4. The van der Waals surface area contributed by atoms with Crippen molar-refractivity contribution in [2.24, 2.45) is 0 Å². The molecule has 3 rings (SSSR count). The lowest BCUT2D eigenvalue weighted by Crippen LogP contribution is -2.36. The molecule has 0 saturated carbocycles. The van der Waals surface area contributed by atoms with Crippen LogP contribution in [-0.4, -0.2) is 46.4 Å². The fourth-order valence-corrected chi connectivity index (χ4v) is 4.36. The highest BCUT2D eigenvalue weighted by Gasteiger charge is 2.17. The van der Waals surface area contributed by atoms with Crippen molar-refractivity contribution >= 4 is 26.7 Å². The summed E-state index contributed by atoms with van der Waals surface area (Å²) in [7, 11) is 0.246. The second-order valence-electron chi connectivity index (χ2n) is 7.35. The number of benzene rings is 3. The average molecular weight is 426 g/mol. The first-order valence-electron chi connectivity index (χ1n) is 9.83. The predicted molar refractivity (Wildman–Crippen MR) is 120 cm³/mol. The third-order valence-electron chi connectivity index (χ3n) is 4.98. The number of fused-ring (bicyclic) bond motifs is 1. The van der Waals surface area contributed by atoms with Gasteiger partial charge in [-0.15, -0.1) is 0 Å². The molecule has 0 saturated heterocycles. The van der Waals surface area contributed by atoms with E-state index in [0.717, 1.165) is 16.3 Å². The van der Waals surface area contributed by atoms with E-state index in [4.69, 9.17) is 0 Å². The van der Waals surface area contributed by atoms with Gasteiger partial charge in [-0.25, -0.2) is 13.1 Å². The van der Waals surface area contributed by atoms with Crippen LogP contribution in [0.25, 0.3) is 10.8 Å². The summed E-state index contributed by atoms with van der Waals surface area (Å²) in [5.41, 5.74) is 1.11.